The minimum Gasteiger partial charge on any atom is -0.491 e. The van der Waals surface area contributed by atoms with E-state index in [4.69, 9.17) is 18.9 Å². The SMILES string of the molecule is C=CCOC(=O)O[C@H](C)[C@H]1C(=O)N2CC(COc3ccc(C=O)cc3)(C(=O)OCC=C)S[C@H]12. The van der Waals surface area contributed by atoms with Gasteiger partial charge < -0.3 is 23.8 Å². The summed E-state index contributed by atoms with van der Waals surface area (Å²) in [6, 6.07) is 6.45. The molecule has 1 aromatic rings. The number of carbonyl (C=O) groups excluding carboxylic acids is 4. The lowest BCUT2D eigenvalue weighted by atomic mass is 9.92. The van der Waals surface area contributed by atoms with Crippen molar-refractivity contribution in [3.8, 4) is 5.75 Å². The molecule has 1 unspecified atom stereocenters. The highest BCUT2D eigenvalue weighted by molar-refractivity contribution is 8.02. The number of β-lactam (4-membered cyclic amide) rings is 1. The fourth-order valence-electron chi connectivity index (χ4n) is 3.58. The van der Waals surface area contributed by atoms with Crippen molar-refractivity contribution in [1.29, 1.82) is 0 Å². The van der Waals surface area contributed by atoms with E-state index in [-0.39, 0.29) is 32.3 Å². The number of benzene rings is 1. The first-order valence-electron chi connectivity index (χ1n) is 10.2. The molecule has 0 aromatic heterocycles. The number of aldehydes is 1. The minimum absolute atomic E-state index is 0.00209. The Labute approximate surface area is 195 Å². The fourth-order valence-corrected chi connectivity index (χ4v) is 5.33. The van der Waals surface area contributed by atoms with Crippen LogP contribution in [0.1, 0.15) is 17.3 Å². The second-order valence-electron chi connectivity index (χ2n) is 7.53. The zero-order valence-corrected chi connectivity index (χ0v) is 19.0. The van der Waals surface area contributed by atoms with E-state index in [2.05, 4.69) is 13.2 Å². The average Bonchev–Trinajstić information content (AvgIpc) is 3.15. The van der Waals surface area contributed by atoms with Crippen molar-refractivity contribution in [2.45, 2.75) is 23.1 Å². The van der Waals surface area contributed by atoms with Crippen LogP contribution in [0.5, 0.6) is 5.75 Å². The fraction of sp³-hybridized carbons (Fsp3) is 0.391. The van der Waals surface area contributed by atoms with Gasteiger partial charge in [0.05, 0.1) is 11.9 Å². The monoisotopic (exact) mass is 475 g/mol. The summed E-state index contributed by atoms with van der Waals surface area (Å²) in [7, 11) is 0. The molecule has 4 atom stereocenters. The van der Waals surface area contributed by atoms with Crippen LogP contribution in [0, 0.1) is 5.92 Å². The van der Waals surface area contributed by atoms with Crippen LogP contribution >= 0.6 is 11.8 Å². The molecule has 0 spiro atoms. The Morgan fingerprint density at radius 1 is 1.21 bits per heavy atom. The summed E-state index contributed by atoms with van der Waals surface area (Å²) in [5, 5.41) is -0.392. The van der Waals surface area contributed by atoms with E-state index in [0.717, 1.165) is 6.29 Å². The van der Waals surface area contributed by atoms with E-state index in [0.29, 0.717) is 11.3 Å². The number of hydrogen-bond donors (Lipinski definition) is 0. The van der Waals surface area contributed by atoms with Crippen molar-refractivity contribution in [2.24, 2.45) is 5.92 Å². The van der Waals surface area contributed by atoms with Crippen LogP contribution < -0.4 is 4.74 Å². The molecule has 0 bridgehead atoms. The maximum atomic E-state index is 13.0. The third kappa shape index (κ3) is 5.22. The Balaban J connectivity index is 1.72. The number of amides is 1. The van der Waals surface area contributed by atoms with Crippen molar-refractivity contribution in [3.05, 3.63) is 55.1 Å². The van der Waals surface area contributed by atoms with Crippen molar-refractivity contribution >= 4 is 36.1 Å². The summed E-state index contributed by atoms with van der Waals surface area (Å²) < 4.78 is 20.0. The van der Waals surface area contributed by atoms with Gasteiger partial charge in [-0.2, -0.15) is 0 Å². The molecule has 10 heteroatoms. The Hall–Kier alpha value is -3.27. The van der Waals surface area contributed by atoms with E-state index < -0.39 is 34.3 Å². The molecule has 2 heterocycles. The minimum atomic E-state index is -1.18. The van der Waals surface area contributed by atoms with E-state index >= 15 is 0 Å². The molecule has 9 nitrogen and oxygen atoms in total. The van der Waals surface area contributed by atoms with Crippen molar-refractivity contribution in [2.75, 3.05) is 26.4 Å². The van der Waals surface area contributed by atoms with Crippen LogP contribution in [0.4, 0.5) is 4.79 Å². The Bertz CT molecular complexity index is 933. The van der Waals surface area contributed by atoms with Crippen molar-refractivity contribution in [1.82, 2.24) is 4.90 Å². The number of rotatable bonds is 11. The van der Waals surface area contributed by atoms with Gasteiger partial charge in [0.15, 0.2) is 4.75 Å². The van der Waals surface area contributed by atoms with Crippen LogP contribution in [0.25, 0.3) is 0 Å². The number of hydrogen-bond acceptors (Lipinski definition) is 9. The molecule has 1 aromatic carbocycles. The molecule has 1 amide bonds. The molecule has 176 valence electrons. The molecule has 0 N–H and O–H groups in total. The van der Waals surface area contributed by atoms with E-state index in [1.165, 1.54) is 23.9 Å². The molecule has 2 aliphatic rings. The number of esters is 1. The molecular formula is C23H25NO8S. The number of fused-ring (bicyclic) bond motifs is 1. The van der Waals surface area contributed by atoms with Gasteiger partial charge in [-0.25, -0.2) is 4.79 Å². The van der Waals surface area contributed by atoms with Gasteiger partial charge in [0, 0.05) is 5.56 Å². The second-order valence-corrected chi connectivity index (χ2v) is 9.03. The lowest BCUT2D eigenvalue weighted by molar-refractivity contribution is -0.158. The lowest BCUT2D eigenvalue weighted by Crippen LogP contribution is -2.61. The number of carbonyl (C=O) groups is 4. The predicted octanol–water partition coefficient (Wildman–Crippen LogP) is 2.60. The van der Waals surface area contributed by atoms with Gasteiger partial charge >= 0.3 is 12.1 Å². The van der Waals surface area contributed by atoms with E-state index in [1.807, 2.05) is 0 Å². The van der Waals surface area contributed by atoms with Crippen molar-refractivity contribution < 1.29 is 38.1 Å². The molecule has 2 aliphatic heterocycles. The summed E-state index contributed by atoms with van der Waals surface area (Å²) in [6.45, 7) is 8.67. The summed E-state index contributed by atoms with van der Waals surface area (Å²) in [5.74, 6) is -0.926. The maximum Gasteiger partial charge on any atom is 0.508 e. The molecule has 2 saturated heterocycles. The summed E-state index contributed by atoms with van der Waals surface area (Å²) in [5.41, 5.74) is 0.496. The predicted molar refractivity (Wildman–Crippen MR) is 120 cm³/mol. The Kier molecular flexibility index (Phi) is 7.80. The third-order valence-electron chi connectivity index (χ3n) is 5.25. The Morgan fingerprint density at radius 3 is 2.52 bits per heavy atom. The first-order chi connectivity index (χ1) is 15.8. The van der Waals surface area contributed by atoms with Crippen LogP contribution in [0.3, 0.4) is 0 Å². The molecular weight excluding hydrogens is 450 g/mol. The second kappa shape index (κ2) is 10.6. The molecule has 3 rings (SSSR count). The smallest absolute Gasteiger partial charge is 0.491 e. The molecule has 0 aliphatic carbocycles. The summed E-state index contributed by atoms with van der Waals surface area (Å²) in [4.78, 5) is 49.9. The number of nitrogens with zero attached hydrogens (tertiary/aromatic N) is 1. The summed E-state index contributed by atoms with van der Waals surface area (Å²) in [6.07, 6.45) is 1.94. The van der Waals surface area contributed by atoms with Crippen LogP contribution in [-0.4, -0.2) is 71.8 Å². The van der Waals surface area contributed by atoms with Crippen LogP contribution in [0.2, 0.25) is 0 Å². The molecule has 0 saturated carbocycles. The van der Waals surface area contributed by atoms with Gasteiger partial charge in [-0.05, 0) is 31.2 Å². The van der Waals surface area contributed by atoms with Gasteiger partial charge in [0.1, 0.15) is 43.9 Å². The average molecular weight is 476 g/mol. The van der Waals surface area contributed by atoms with Gasteiger partial charge in [0.2, 0.25) is 5.91 Å². The topological polar surface area (TPSA) is 108 Å². The maximum absolute atomic E-state index is 13.0. The van der Waals surface area contributed by atoms with Crippen LogP contribution in [0.15, 0.2) is 49.6 Å². The van der Waals surface area contributed by atoms with E-state index in [9.17, 15) is 19.2 Å². The highest BCUT2D eigenvalue weighted by Gasteiger charge is 2.64. The molecule has 0 radical (unpaired) electrons. The highest BCUT2D eigenvalue weighted by atomic mass is 32.2. The lowest BCUT2D eigenvalue weighted by Gasteiger charge is -2.43. The quantitative estimate of drug-likeness (QED) is 0.206. The number of thioether (sulfide) groups is 1. The Morgan fingerprint density at radius 2 is 1.88 bits per heavy atom. The number of ether oxygens (including phenoxy) is 4. The van der Waals surface area contributed by atoms with Gasteiger partial charge in [-0.1, -0.05) is 25.3 Å². The van der Waals surface area contributed by atoms with Gasteiger partial charge in [0.25, 0.3) is 0 Å². The van der Waals surface area contributed by atoms with Gasteiger partial charge in [-0.15, -0.1) is 11.8 Å². The van der Waals surface area contributed by atoms with E-state index in [1.54, 1.807) is 36.1 Å². The normalized spacial score (nSPS) is 24.0. The first kappa shape index (κ1) is 24.4. The zero-order chi connectivity index (χ0) is 24.0. The zero-order valence-electron chi connectivity index (χ0n) is 18.1. The molecule has 33 heavy (non-hydrogen) atoms. The molecule has 2 fully saturated rings. The third-order valence-corrected chi connectivity index (χ3v) is 6.91. The largest absolute Gasteiger partial charge is 0.508 e. The van der Waals surface area contributed by atoms with Crippen molar-refractivity contribution in [3.63, 3.8) is 0 Å². The standard InChI is InChI=1S/C23H25NO8S/c1-4-10-29-21(27)23(14-31-17-8-6-16(12-25)7-9-17)13-24-19(26)18(20(24)33-23)15(3)32-22(28)30-11-5-2/h4-9,12,15,18,20H,1-2,10-11,13-14H2,3H3/t15-,18+,20-,23?/m1/s1. The van der Waals surface area contributed by atoms with Crippen LogP contribution in [-0.2, 0) is 23.8 Å². The first-order valence-corrected chi connectivity index (χ1v) is 11.1. The summed E-state index contributed by atoms with van der Waals surface area (Å²) >= 11 is 1.25. The van der Waals surface area contributed by atoms with Gasteiger partial charge in [-0.3, -0.25) is 14.4 Å². The highest BCUT2D eigenvalue weighted by Crippen LogP contribution is 2.51.